The van der Waals surface area contributed by atoms with E-state index in [4.69, 9.17) is 28.9 Å². The van der Waals surface area contributed by atoms with Crippen LogP contribution in [0.1, 0.15) is 26.3 Å². The minimum absolute atomic E-state index is 0.0166. The highest BCUT2D eigenvalue weighted by atomic mass is 35.5. The number of hydrogen-bond acceptors (Lipinski definition) is 6. The molecular formula is C13H7Cl2N3O4. The summed E-state index contributed by atoms with van der Waals surface area (Å²) in [7, 11) is 0. The van der Waals surface area contributed by atoms with Crippen LogP contribution in [0.15, 0.2) is 30.5 Å². The minimum Gasteiger partial charge on any atom is -0.383 e. The van der Waals surface area contributed by atoms with E-state index in [1.807, 2.05) is 0 Å². The molecule has 0 saturated heterocycles. The van der Waals surface area contributed by atoms with Gasteiger partial charge in [-0.3, -0.25) is 19.7 Å². The van der Waals surface area contributed by atoms with Gasteiger partial charge in [-0.05, 0) is 23.7 Å². The van der Waals surface area contributed by atoms with Gasteiger partial charge in [0.15, 0.2) is 5.78 Å². The average Bonchev–Trinajstić information content (AvgIpc) is 2.45. The molecule has 1 heterocycles. The van der Waals surface area contributed by atoms with E-state index in [0.29, 0.717) is 0 Å². The molecule has 0 bridgehead atoms. The summed E-state index contributed by atoms with van der Waals surface area (Å²) in [4.78, 5) is 37.6. The zero-order chi connectivity index (χ0) is 16.4. The molecule has 9 heteroatoms. The van der Waals surface area contributed by atoms with E-state index in [1.165, 1.54) is 18.3 Å². The van der Waals surface area contributed by atoms with Gasteiger partial charge in [0.2, 0.25) is 0 Å². The van der Waals surface area contributed by atoms with Crippen molar-refractivity contribution in [3.8, 4) is 0 Å². The monoisotopic (exact) mass is 339 g/mol. The summed E-state index contributed by atoms with van der Waals surface area (Å²) < 4.78 is 0. The third-order valence-electron chi connectivity index (χ3n) is 2.83. The summed E-state index contributed by atoms with van der Waals surface area (Å²) in [6, 6.07) is 4.64. The molecule has 1 aromatic heterocycles. The van der Waals surface area contributed by atoms with Crippen LogP contribution in [0.4, 0.5) is 11.5 Å². The van der Waals surface area contributed by atoms with Crippen molar-refractivity contribution in [1.82, 2.24) is 4.98 Å². The van der Waals surface area contributed by atoms with E-state index < -0.39 is 15.9 Å². The number of aromatic nitrogens is 1. The molecule has 0 amide bonds. The average molecular weight is 340 g/mol. The van der Waals surface area contributed by atoms with E-state index in [0.717, 1.165) is 12.1 Å². The lowest BCUT2D eigenvalue weighted by atomic mass is 9.99. The fourth-order valence-corrected chi connectivity index (χ4v) is 2.28. The van der Waals surface area contributed by atoms with Gasteiger partial charge in [0.25, 0.3) is 10.9 Å². The predicted octanol–water partition coefficient (Wildman–Crippen LogP) is 2.84. The molecule has 1 aromatic carbocycles. The second kappa shape index (κ2) is 6.08. The number of nitro groups is 1. The Kier molecular flexibility index (Phi) is 4.39. The number of non-ortho nitro benzene ring substituents is 1. The van der Waals surface area contributed by atoms with Crippen LogP contribution in [0.25, 0.3) is 0 Å². The number of nitro benzene ring substituents is 1. The Balaban J connectivity index is 2.56. The normalized spacial score (nSPS) is 10.3. The minimum atomic E-state index is -0.938. The molecule has 22 heavy (non-hydrogen) atoms. The summed E-state index contributed by atoms with van der Waals surface area (Å²) in [5.41, 5.74) is 4.96. The molecule has 0 saturated carbocycles. The molecule has 0 spiro atoms. The first-order chi connectivity index (χ1) is 10.3. The van der Waals surface area contributed by atoms with Crippen molar-refractivity contribution >= 4 is 45.7 Å². The Hall–Kier alpha value is -2.51. The van der Waals surface area contributed by atoms with Crippen molar-refractivity contribution in [2.75, 3.05) is 5.73 Å². The third-order valence-corrected chi connectivity index (χ3v) is 3.33. The van der Waals surface area contributed by atoms with Crippen molar-refractivity contribution < 1.29 is 14.5 Å². The summed E-state index contributed by atoms with van der Waals surface area (Å²) in [6.07, 6.45) is 1.24. The molecule has 112 valence electrons. The lowest BCUT2D eigenvalue weighted by Gasteiger charge is -2.08. The number of hydrogen-bond donors (Lipinski definition) is 1. The number of anilines is 1. The Morgan fingerprint density at radius 3 is 2.45 bits per heavy atom. The number of nitrogen functional groups attached to an aromatic ring is 1. The van der Waals surface area contributed by atoms with Crippen molar-refractivity contribution in [2.45, 2.75) is 0 Å². The predicted molar refractivity (Wildman–Crippen MR) is 80.4 cm³/mol. The van der Waals surface area contributed by atoms with Crippen LogP contribution in [0.3, 0.4) is 0 Å². The van der Waals surface area contributed by atoms with Gasteiger partial charge in [-0.15, -0.1) is 0 Å². The fraction of sp³-hybridized carbons (Fsp3) is 0. The molecule has 0 atom stereocenters. The highest BCUT2D eigenvalue weighted by Gasteiger charge is 2.23. The Morgan fingerprint density at radius 2 is 1.91 bits per heavy atom. The molecule has 0 aliphatic carbocycles. The Morgan fingerprint density at radius 1 is 1.23 bits per heavy atom. The lowest BCUT2D eigenvalue weighted by molar-refractivity contribution is -0.384. The van der Waals surface area contributed by atoms with E-state index in [-0.39, 0.29) is 33.2 Å². The van der Waals surface area contributed by atoms with Crippen LogP contribution in [-0.2, 0) is 0 Å². The van der Waals surface area contributed by atoms with Gasteiger partial charge in [-0.25, -0.2) is 4.98 Å². The number of halogens is 2. The maximum absolute atomic E-state index is 12.5. The van der Waals surface area contributed by atoms with Crippen LogP contribution < -0.4 is 5.73 Å². The van der Waals surface area contributed by atoms with Gasteiger partial charge < -0.3 is 5.73 Å². The summed E-state index contributed by atoms with van der Waals surface area (Å²) >= 11 is 11.3. The van der Waals surface area contributed by atoms with Gasteiger partial charge in [-0.2, -0.15) is 0 Å². The zero-order valence-electron chi connectivity index (χ0n) is 10.7. The number of carbonyl (C=O) groups excluding carboxylic acids is 2. The summed E-state index contributed by atoms with van der Waals surface area (Å²) in [5, 5.41) is 9.61. The van der Waals surface area contributed by atoms with E-state index >= 15 is 0 Å². The van der Waals surface area contributed by atoms with Crippen molar-refractivity contribution in [3.05, 3.63) is 62.3 Å². The molecule has 0 aliphatic rings. The number of benzene rings is 1. The molecule has 7 nitrogen and oxygen atoms in total. The highest BCUT2D eigenvalue weighted by Crippen LogP contribution is 2.27. The number of nitrogens with two attached hydrogens (primary N) is 1. The molecule has 2 aromatic rings. The second-order valence-electron chi connectivity index (χ2n) is 4.14. The second-order valence-corrected chi connectivity index (χ2v) is 4.89. The molecular weight excluding hydrogens is 333 g/mol. The first-order valence-electron chi connectivity index (χ1n) is 5.76. The van der Waals surface area contributed by atoms with Gasteiger partial charge in [-0.1, -0.05) is 11.6 Å². The van der Waals surface area contributed by atoms with E-state index in [2.05, 4.69) is 4.98 Å². The molecule has 2 rings (SSSR count). The van der Waals surface area contributed by atoms with E-state index in [9.17, 15) is 19.7 Å². The van der Waals surface area contributed by atoms with Crippen molar-refractivity contribution in [2.24, 2.45) is 0 Å². The summed E-state index contributed by atoms with van der Waals surface area (Å²) in [6.45, 7) is 0. The number of ketones is 1. The van der Waals surface area contributed by atoms with E-state index in [1.54, 1.807) is 0 Å². The smallest absolute Gasteiger partial charge is 0.270 e. The maximum atomic E-state index is 12.5. The van der Waals surface area contributed by atoms with Crippen LogP contribution in [0.5, 0.6) is 0 Å². The molecule has 0 fully saturated rings. The van der Waals surface area contributed by atoms with Crippen LogP contribution in [0, 0.1) is 10.1 Å². The number of carbonyl (C=O) groups is 2. The molecule has 2 N–H and O–H groups in total. The SMILES string of the molecule is Nc1nccc(C(=O)c2ccc([N+](=O)[O-])cc2Cl)c1C(=O)Cl. The van der Waals surface area contributed by atoms with Crippen LogP contribution >= 0.6 is 23.2 Å². The quantitative estimate of drug-likeness (QED) is 0.396. The van der Waals surface area contributed by atoms with Crippen molar-refractivity contribution in [1.29, 1.82) is 0 Å². The van der Waals surface area contributed by atoms with Gasteiger partial charge >= 0.3 is 0 Å². The molecule has 0 unspecified atom stereocenters. The molecule has 0 aliphatic heterocycles. The largest absolute Gasteiger partial charge is 0.383 e. The topological polar surface area (TPSA) is 116 Å². The Labute approximate surface area is 133 Å². The maximum Gasteiger partial charge on any atom is 0.270 e. The lowest BCUT2D eigenvalue weighted by Crippen LogP contribution is -2.12. The highest BCUT2D eigenvalue weighted by molar-refractivity contribution is 6.68. The van der Waals surface area contributed by atoms with Crippen LogP contribution in [-0.4, -0.2) is 20.9 Å². The number of nitrogens with zero attached hydrogens (tertiary/aromatic N) is 2. The third kappa shape index (κ3) is 2.90. The fourth-order valence-electron chi connectivity index (χ4n) is 1.82. The molecule has 0 radical (unpaired) electrons. The zero-order valence-corrected chi connectivity index (χ0v) is 12.3. The number of rotatable bonds is 4. The Bertz CT molecular complexity index is 808. The van der Waals surface area contributed by atoms with Gasteiger partial charge in [0.1, 0.15) is 5.82 Å². The first-order valence-corrected chi connectivity index (χ1v) is 6.51. The first kappa shape index (κ1) is 15.9. The number of pyridine rings is 1. The van der Waals surface area contributed by atoms with Gasteiger partial charge in [0.05, 0.1) is 15.5 Å². The van der Waals surface area contributed by atoms with Gasteiger partial charge in [0, 0.05) is 29.5 Å². The van der Waals surface area contributed by atoms with Crippen LogP contribution in [0.2, 0.25) is 5.02 Å². The summed E-state index contributed by atoms with van der Waals surface area (Å²) in [5.74, 6) is -0.832. The standard InChI is InChI=1S/C13H7Cl2N3O4/c14-9-5-6(18(21)22)1-2-7(9)11(19)8-3-4-17-13(16)10(8)12(15)20/h1-5H,(H2,16,17). The van der Waals surface area contributed by atoms with Crippen molar-refractivity contribution in [3.63, 3.8) is 0 Å².